The van der Waals surface area contributed by atoms with Gasteiger partial charge in [0.05, 0.1) is 12.8 Å². The molecule has 0 aliphatic carbocycles. The van der Waals surface area contributed by atoms with Crippen LogP contribution in [0.2, 0.25) is 0 Å². The van der Waals surface area contributed by atoms with E-state index in [1.165, 1.54) is 0 Å². The summed E-state index contributed by atoms with van der Waals surface area (Å²) in [5, 5.41) is 6.36. The van der Waals surface area contributed by atoms with Crippen molar-refractivity contribution < 1.29 is 4.74 Å². The Kier molecular flexibility index (Phi) is 4.20. The quantitative estimate of drug-likeness (QED) is 0.887. The Hall–Kier alpha value is -1.55. The Labute approximate surface area is 112 Å². The van der Waals surface area contributed by atoms with Gasteiger partial charge in [0.25, 0.3) is 0 Å². The molecule has 18 heavy (non-hydrogen) atoms. The molecular formula is C14H18N2OS. The molecule has 0 fully saturated rings. The fraction of sp³-hybridized carbons (Fsp3) is 0.357. The van der Waals surface area contributed by atoms with Crippen LogP contribution in [0.5, 0.6) is 5.75 Å². The van der Waals surface area contributed by atoms with Crippen LogP contribution in [0, 0.1) is 5.92 Å². The molecule has 1 N–H and O–H groups in total. The van der Waals surface area contributed by atoms with Crippen LogP contribution in [0.1, 0.15) is 13.8 Å². The number of rotatable bonds is 5. The third kappa shape index (κ3) is 3.01. The van der Waals surface area contributed by atoms with E-state index >= 15 is 0 Å². The van der Waals surface area contributed by atoms with Gasteiger partial charge in [-0.3, -0.25) is 0 Å². The molecule has 96 valence electrons. The molecule has 2 rings (SSSR count). The van der Waals surface area contributed by atoms with Crippen LogP contribution in [-0.4, -0.2) is 18.6 Å². The van der Waals surface area contributed by atoms with Gasteiger partial charge in [-0.1, -0.05) is 26.0 Å². The van der Waals surface area contributed by atoms with Crippen molar-refractivity contribution in [1.82, 2.24) is 4.98 Å². The van der Waals surface area contributed by atoms with E-state index in [-0.39, 0.29) is 0 Å². The summed E-state index contributed by atoms with van der Waals surface area (Å²) in [5.74, 6) is 1.47. The monoisotopic (exact) mass is 262 g/mol. The zero-order valence-electron chi connectivity index (χ0n) is 10.9. The number of para-hydroxylation sites is 1. The van der Waals surface area contributed by atoms with Gasteiger partial charge in [0.2, 0.25) is 0 Å². The summed E-state index contributed by atoms with van der Waals surface area (Å²) < 4.78 is 5.35. The number of anilines is 1. The highest BCUT2D eigenvalue weighted by Gasteiger charge is 2.09. The zero-order chi connectivity index (χ0) is 13.0. The molecule has 0 bridgehead atoms. The summed E-state index contributed by atoms with van der Waals surface area (Å²) in [4.78, 5) is 4.59. The molecule has 1 aromatic heterocycles. The van der Waals surface area contributed by atoms with Gasteiger partial charge >= 0.3 is 0 Å². The standard InChI is InChI=1S/C14H18N2OS/c1-10(2)8-15-14-16-12(9-18-14)11-6-4-5-7-13(11)17-3/h4-7,9-10H,8H2,1-3H3,(H,15,16). The predicted molar refractivity (Wildman–Crippen MR) is 77.4 cm³/mol. The summed E-state index contributed by atoms with van der Waals surface area (Å²) in [6, 6.07) is 7.95. The summed E-state index contributed by atoms with van der Waals surface area (Å²) in [6.07, 6.45) is 0. The number of benzene rings is 1. The number of hydrogen-bond donors (Lipinski definition) is 1. The molecule has 0 radical (unpaired) electrons. The van der Waals surface area contributed by atoms with Crippen LogP contribution in [0.15, 0.2) is 29.6 Å². The molecule has 0 unspecified atom stereocenters. The SMILES string of the molecule is COc1ccccc1-c1csc(NCC(C)C)n1. The second-order valence-corrected chi connectivity index (χ2v) is 5.37. The van der Waals surface area contributed by atoms with Gasteiger partial charge in [0.1, 0.15) is 5.75 Å². The summed E-state index contributed by atoms with van der Waals surface area (Å²) in [6.45, 7) is 5.31. The van der Waals surface area contributed by atoms with Gasteiger partial charge in [0, 0.05) is 17.5 Å². The van der Waals surface area contributed by atoms with Crippen molar-refractivity contribution in [2.75, 3.05) is 19.0 Å². The maximum atomic E-state index is 5.35. The molecule has 0 aliphatic rings. The highest BCUT2D eigenvalue weighted by Crippen LogP contribution is 2.31. The zero-order valence-corrected chi connectivity index (χ0v) is 11.8. The van der Waals surface area contributed by atoms with Crippen molar-refractivity contribution in [3.8, 4) is 17.0 Å². The molecular weight excluding hydrogens is 244 g/mol. The van der Waals surface area contributed by atoms with Gasteiger partial charge in [-0.25, -0.2) is 4.98 Å². The lowest BCUT2D eigenvalue weighted by molar-refractivity contribution is 0.416. The van der Waals surface area contributed by atoms with Crippen molar-refractivity contribution in [2.45, 2.75) is 13.8 Å². The van der Waals surface area contributed by atoms with Crippen LogP contribution in [0.25, 0.3) is 11.3 Å². The summed E-state index contributed by atoms with van der Waals surface area (Å²) in [5.41, 5.74) is 2.00. The van der Waals surface area contributed by atoms with Crippen LogP contribution >= 0.6 is 11.3 Å². The molecule has 4 heteroatoms. The molecule has 2 aromatic rings. The fourth-order valence-corrected chi connectivity index (χ4v) is 2.35. The van der Waals surface area contributed by atoms with Gasteiger partial charge in [0.15, 0.2) is 5.13 Å². The van der Waals surface area contributed by atoms with Crippen molar-refractivity contribution in [3.63, 3.8) is 0 Å². The number of aromatic nitrogens is 1. The fourth-order valence-electron chi connectivity index (χ4n) is 1.63. The lowest BCUT2D eigenvalue weighted by Gasteiger charge is -2.06. The topological polar surface area (TPSA) is 34.1 Å². The first-order chi connectivity index (χ1) is 8.70. The average Bonchev–Trinajstić information content (AvgIpc) is 2.85. The van der Waals surface area contributed by atoms with Crippen molar-refractivity contribution >= 4 is 16.5 Å². The average molecular weight is 262 g/mol. The van der Waals surface area contributed by atoms with E-state index in [0.717, 1.165) is 28.7 Å². The number of ether oxygens (including phenoxy) is 1. The van der Waals surface area contributed by atoms with Gasteiger partial charge in [-0.05, 0) is 18.1 Å². The molecule has 0 saturated heterocycles. The molecule has 3 nitrogen and oxygen atoms in total. The first-order valence-corrected chi connectivity index (χ1v) is 6.91. The van der Waals surface area contributed by atoms with Crippen LogP contribution < -0.4 is 10.1 Å². The first kappa shape index (κ1) is 12.9. The highest BCUT2D eigenvalue weighted by molar-refractivity contribution is 7.14. The molecule has 0 atom stereocenters. The van der Waals surface area contributed by atoms with Gasteiger partial charge in [-0.2, -0.15) is 0 Å². The molecule has 0 saturated carbocycles. The Morgan fingerprint density at radius 2 is 2.11 bits per heavy atom. The number of nitrogens with one attached hydrogen (secondary N) is 1. The lowest BCUT2D eigenvalue weighted by atomic mass is 10.1. The second-order valence-electron chi connectivity index (χ2n) is 4.51. The molecule has 0 aliphatic heterocycles. The maximum absolute atomic E-state index is 5.35. The van der Waals surface area contributed by atoms with E-state index in [1.54, 1.807) is 18.4 Å². The number of methoxy groups -OCH3 is 1. The first-order valence-electron chi connectivity index (χ1n) is 6.03. The van der Waals surface area contributed by atoms with E-state index in [9.17, 15) is 0 Å². The third-order valence-electron chi connectivity index (χ3n) is 2.55. The van der Waals surface area contributed by atoms with E-state index < -0.39 is 0 Å². The Morgan fingerprint density at radius 3 is 2.83 bits per heavy atom. The van der Waals surface area contributed by atoms with Crippen LogP contribution in [0.4, 0.5) is 5.13 Å². The largest absolute Gasteiger partial charge is 0.496 e. The summed E-state index contributed by atoms with van der Waals surface area (Å²) in [7, 11) is 1.68. The minimum Gasteiger partial charge on any atom is -0.496 e. The highest BCUT2D eigenvalue weighted by atomic mass is 32.1. The Balaban J connectivity index is 2.18. The predicted octanol–water partition coefficient (Wildman–Crippen LogP) is 3.89. The van der Waals surface area contributed by atoms with Gasteiger partial charge in [-0.15, -0.1) is 11.3 Å². The van der Waals surface area contributed by atoms with Crippen molar-refractivity contribution in [2.24, 2.45) is 5.92 Å². The van der Waals surface area contributed by atoms with Crippen LogP contribution in [-0.2, 0) is 0 Å². The van der Waals surface area contributed by atoms with Crippen LogP contribution in [0.3, 0.4) is 0 Å². The number of thiazole rings is 1. The molecule has 1 heterocycles. The smallest absolute Gasteiger partial charge is 0.183 e. The minimum absolute atomic E-state index is 0.614. The number of hydrogen-bond acceptors (Lipinski definition) is 4. The Morgan fingerprint density at radius 1 is 1.33 bits per heavy atom. The van der Waals surface area contributed by atoms with E-state index in [0.29, 0.717) is 5.92 Å². The van der Waals surface area contributed by atoms with E-state index in [1.807, 2.05) is 24.3 Å². The van der Waals surface area contributed by atoms with Crippen molar-refractivity contribution in [3.05, 3.63) is 29.6 Å². The maximum Gasteiger partial charge on any atom is 0.183 e. The van der Waals surface area contributed by atoms with Gasteiger partial charge < -0.3 is 10.1 Å². The number of nitrogens with zero attached hydrogens (tertiary/aromatic N) is 1. The Bertz CT molecular complexity index is 508. The molecule has 1 aromatic carbocycles. The van der Waals surface area contributed by atoms with E-state index in [2.05, 4.69) is 29.5 Å². The van der Waals surface area contributed by atoms with E-state index in [4.69, 9.17) is 4.74 Å². The van der Waals surface area contributed by atoms with Crippen molar-refractivity contribution in [1.29, 1.82) is 0 Å². The minimum atomic E-state index is 0.614. The third-order valence-corrected chi connectivity index (χ3v) is 3.35. The second kappa shape index (κ2) is 5.87. The molecule has 0 spiro atoms. The normalized spacial score (nSPS) is 10.7. The summed E-state index contributed by atoms with van der Waals surface area (Å²) >= 11 is 1.63. The molecule has 0 amide bonds. The lowest BCUT2D eigenvalue weighted by Crippen LogP contribution is -2.07.